The first kappa shape index (κ1) is 12.5. The number of anilines is 1. The van der Waals surface area contributed by atoms with Gasteiger partial charge in [-0.25, -0.2) is 4.98 Å². The molecule has 0 saturated heterocycles. The van der Waals surface area contributed by atoms with E-state index < -0.39 is 6.10 Å². The van der Waals surface area contributed by atoms with Crippen LogP contribution >= 0.6 is 27.3 Å². The number of rotatable bonds is 4. The van der Waals surface area contributed by atoms with Gasteiger partial charge in [0.1, 0.15) is 5.82 Å². The third-order valence-corrected chi connectivity index (χ3v) is 3.97. The van der Waals surface area contributed by atoms with Crippen LogP contribution in [0.15, 0.2) is 33.4 Å². The van der Waals surface area contributed by atoms with Gasteiger partial charge in [0.25, 0.3) is 0 Å². The van der Waals surface area contributed by atoms with E-state index in [0.29, 0.717) is 6.54 Å². The minimum absolute atomic E-state index is 0.463. The smallest absolute Gasteiger partial charge is 0.126 e. The van der Waals surface area contributed by atoms with Gasteiger partial charge >= 0.3 is 0 Å². The summed E-state index contributed by atoms with van der Waals surface area (Å²) in [6, 6.07) is 5.76. The lowest BCUT2D eigenvalue weighted by atomic mass is 10.2. The third kappa shape index (κ3) is 3.28. The molecule has 2 heterocycles. The first-order chi connectivity index (χ1) is 8.16. The zero-order valence-corrected chi connectivity index (χ0v) is 11.8. The quantitative estimate of drug-likeness (QED) is 0.910. The number of aliphatic hydroxyl groups excluding tert-OH is 1. The monoisotopic (exact) mass is 312 g/mol. The number of hydrogen-bond acceptors (Lipinski definition) is 4. The van der Waals surface area contributed by atoms with Crippen LogP contribution in [-0.4, -0.2) is 16.6 Å². The Labute approximate surface area is 113 Å². The lowest BCUT2D eigenvalue weighted by Crippen LogP contribution is -2.12. The van der Waals surface area contributed by atoms with Gasteiger partial charge in [-0.2, -0.15) is 11.3 Å². The van der Waals surface area contributed by atoms with Crippen LogP contribution in [0.2, 0.25) is 0 Å². The van der Waals surface area contributed by atoms with Crippen LogP contribution < -0.4 is 5.32 Å². The van der Waals surface area contributed by atoms with Crippen LogP contribution in [0.1, 0.15) is 17.4 Å². The summed E-state index contributed by atoms with van der Waals surface area (Å²) < 4.78 is 0.987. The maximum absolute atomic E-state index is 9.90. The summed E-state index contributed by atoms with van der Waals surface area (Å²) in [5.74, 6) is 0.778. The second-order valence-corrected chi connectivity index (χ2v) is 5.35. The summed E-state index contributed by atoms with van der Waals surface area (Å²) in [5, 5.41) is 16.9. The van der Waals surface area contributed by atoms with Crippen LogP contribution in [-0.2, 0) is 0 Å². The van der Waals surface area contributed by atoms with Crippen LogP contribution in [0.5, 0.6) is 0 Å². The number of pyridine rings is 1. The van der Waals surface area contributed by atoms with Gasteiger partial charge in [-0.05, 0) is 57.4 Å². The molecule has 1 atom stereocenters. The van der Waals surface area contributed by atoms with Crippen LogP contribution in [0.3, 0.4) is 0 Å². The maximum Gasteiger partial charge on any atom is 0.126 e. The van der Waals surface area contributed by atoms with Gasteiger partial charge in [0, 0.05) is 11.0 Å². The predicted molar refractivity (Wildman–Crippen MR) is 74.4 cm³/mol. The Morgan fingerprint density at radius 1 is 1.47 bits per heavy atom. The van der Waals surface area contributed by atoms with Crippen molar-refractivity contribution in [3.63, 3.8) is 0 Å². The average Bonchev–Trinajstić information content (AvgIpc) is 2.84. The Morgan fingerprint density at radius 2 is 2.29 bits per heavy atom. The molecule has 0 aliphatic carbocycles. The molecule has 0 radical (unpaired) electrons. The highest BCUT2D eigenvalue weighted by Crippen LogP contribution is 2.19. The fourth-order valence-corrected chi connectivity index (χ4v) is 2.35. The molecule has 2 aromatic rings. The molecule has 1 unspecified atom stereocenters. The molecule has 2 N–H and O–H groups in total. The molecular formula is C12H13BrN2OS. The first-order valence-corrected chi connectivity index (χ1v) is 6.97. The number of nitrogens with zero attached hydrogens (tertiary/aromatic N) is 1. The number of aromatic nitrogens is 1. The van der Waals surface area contributed by atoms with E-state index in [9.17, 15) is 5.11 Å². The largest absolute Gasteiger partial charge is 0.387 e. The standard InChI is InChI=1S/C12H13BrN2OS/c1-8-10(13)2-3-12(15-8)14-6-11(16)9-4-5-17-7-9/h2-5,7,11,16H,6H2,1H3,(H,14,15). The Balaban J connectivity index is 1.96. The molecule has 0 aliphatic rings. The zero-order valence-electron chi connectivity index (χ0n) is 9.35. The molecule has 0 amide bonds. The highest BCUT2D eigenvalue weighted by atomic mass is 79.9. The number of hydrogen-bond donors (Lipinski definition) is 2. The molecule has 2 aromatic heterocycles. The van der Waals surface area contributed by atoms with E-state index in [2.05, 4.69) is 26.2 Å². The summed E-state index contributed by atoms with van der Waals surface area (Å²) in [4.78, 5) is 4.36. The molecule has 90 valence electrons. The Hall–Kier alpha value is -0.910. The topological polar surface area (TPSA) is 45.2 Å². The average molecular weight is 313 g/mol. The van der Waals surface area contributed by atoms with Crippen molar-refractivity contribution in [2.75, 3.05) is 11.9 Å². The summed E-state index contributed by atoms with van der Waals surface area (Å²) in [6.45, 7) is 2.40. The summed E-state index contributed by atoms with van der Waals surface area (Å²) in [5.41, 5.74) is 1.87. The highest BCUT2D eigenvalue weighted by molar-refractivity contribution is 9.10. The van der Waals surface area contributed by atoms with Gasteiger partial charge in [0.2, 0.25) is 0 Å². The number of aryl methyl sites for hydroxylation is 1. The number of halogens is 1. The number of aliphatic hydroxyl groups is 1. The van der Waals surface area contributed by atoms with Gasteiger partial charge in [0.05, 0.1) is 11.8 Å². The molecule has 0 fully saturated rings. The summed E-state index contributed by atoms with van der Waals surface area (Å²) in [7, 11) is 0. The fraction of sp³-hybridized carbons (Fsp3) is 0.250. The van der Waals surface area contributed by atoms with E-state index in [4.69, 9.17) is 0 Å². The van der Waals surface area contributed by atoms with Crippen molar-refractivity contribution in [1.82, 2.24) is 4.98 Å². The van der Waals surface area contributed by atoms with Gasteiger partial charge in [-0.15, -0.1) is 0 Å². The Kier molecular flexibility index (Phi) is 4.15. The van der Waals surface area contributed by atoms with Gasteiger partial charge < -0.3 is 10.4 Å². The van der Waals surface area contributed by atoms with E-state index >= 15 is 0 Å². The van der Waals surface area contributed by atoms with E-state index in [1.54, 1.807) is 11.3 Å². The molecule has 17 heavy (non-hydrogen) atoms. The van der Waals surface area contributed by atoms with Crippen molar-refractivity contribution < 1.29 is 5.11 Å². The second-order valence-electron chi connectivity index (χ2n) is 3.72. The number of nitrogens with one attached hydrogen (secondary N) is 1. The predicted octanol–water partition coefficient (Wildman–Crippen LogP) is 3.36. The van der Waals surface area contributed by atoms with E-state index in [1.165, 1.54) is 0 Å². The molecular weight excluding hydrogens is 300 g/mol. The molecule has 0 spiro atoms. The van der Waals surface area contributed by atoms with Gasteiger partial charge in [0.15, 0.2) is 0 Å². The molecule has 0 bridgehead atoms. The first-order valence-electron chi connectivity index (χ1n) is 5.24. The van der Waals surface area contributed by atoms with Gasteiger partial charge in [-0.1, -0.05) is 0 Å². The van der Waals surface area contributed by atoms with E-state index in [-0.39, 0.29) is 0 Å². The van der Waals surface area contributed by atoms with Crippen molar-refractivity contribution in [3.05, 3.63) is 44.7 Å². The maximum atomic E-state index is 9.90. The van der Waals surface area contributed by atoms with Crippen LogP contribution in [0, 0.1) is 6.92 Å². The SMILES string of the molecule is Cc1nc(NCC(O)c2ccsc2)ccc1Br. The molecule has 0 saturated carbocycles. The molecule has 0 aromatic carbocycles. The lowest BCUT2D eigenvalue weighted by molar-refractivity contribution is 0.192. The summed E-state index contributed by atoms with van der Waals surface area (Å²) >= 11 is 4.99. The van der Waals surface area contributed by atoms with Crippen molar-refractivity contribution >= 4 is 33.1 Å². The molecule has 2 rings (SSSR count). The van der Waals surface area contributed by atoms with Crippen LogP contribution in [0.25, 0.3) is 0 Å². The van der Waals surface area contributed by atoms with Crippen molar-refractivity contribution in [2.45, 2.75) is 13.0 Å². The summed E-state index contributed by atoms with van der Waals surface area (Å²) in [6.07, 6.45) is -0.494. The van der Waals surface area contributed by atoms with Crippen molar-refractivity contribution in [3.8, 4) is 0 Å². The highest BCUT2D eigenvalue weighted by Gasteiger charge is 2.08. The zero-order chi connectivity index (χ0) is 12.3. The molecule has 5 heteroatoms. The number of thiophene rings is 1. The molecule has 3 nitrogen and oxygen atoms in total. The fourth-order valence-electron chi connectivity index (χ4n) is 1.43. The van der Waals surface area contributed by atoms with Gasteiger partial charge in [-0.3, -0.25) is 0 Å². The van der Waals surface area contributed by atoms with Crippen molar-refractivity contribution in [1.29, 1.82) is 0 Å². The van der Waals surface area contributed by atoms with E-state index in [1.807, 2.05) is 35.9 Å². The minimum atomic E-state index is -0.494. The normalized spacial score (nSPS) is 12.4. The Bertz CT molecular complexity index is 487. The molecule has 0 aliphatic heterocycles. The minimum Gasteiger partial charge on any atom is -0.387 e. The van der Waals surface area contributed by atoms with E-state index in [0.717, 1.165) is 21.5 Å². The second kappa shape index (κ2) is 5.62. The third-order valence-electron chi connectivity index (χ3n) is 2.43. The van der Waals surface area contributed by atoms with Crippen LogP contribution in [0.4, 0.5) is 5.82 Å². The Morgan fingerprint density at radius 3 is 2.94 bits per heavy atom. The lowest BCUT2D eigenvalue weighted by Gasteiger charge is -2.11. The van der Waals surface area contributed by atoms with Crippen molar-refractivity contribution in [2.24, 2.45) is 0 Å².